The molecule has 2 rings (SSSR count). The van der Waals surface area contributed by atoms with E-state index < -0.39 is 0 Å². The summed E-state index contributed by atoms with van der Waals surface area (Å²) < 4.78 is 0. The Hall–Kier alpha value is -1.83. The highest BCUT2D eigenvalue weighted by Crippen LogP contribution is 2.23. The summed E-state index contributed by atoms with van der Waals surface area (Å²) in [7, 11) is 0. The van der Waals surface area contributed by atoms with Gasteiger partial charge < -0.3 is 10.6 Å². The molecule has 0 bridgehead atoms. The van der Waals surface area contributed by atoms with Crippen LogP contribution in [0.25, 0.3) is 0 Å². The van der Waals surface area contributed by atoms with Gasteiger partial charge in [0.2, 0.25) is 0 Å². The molecule has 1 aliphatic heterocycles. The van der Waals surface area contributed by atoms with Crippen LogP contribution in [-0.2, 0) is 0 Å². The zero-order chi connectivity index (χ0) is 9.97. The molecule has 2 N–H and O–H groups in total. The number of aromatic nitrogens is 2. The van der Waals surface area contributed by atoms with Gasteiger partial charge >= 0.3 is 0 Å². The van der Waals surface area contributed by atoms with Crippen LogP contribution in [0.3, 0.4) is 0 Å². The van der Waals surface area contributed by atoms with E-state index in [2.05, 4.69) is 14.9 Å². The summed E-state index contributed by atoms with van der Waals surface area (Å²) in [5.74, 6) is 0.946. The van der Waals surface area contributed by atoms with Crippen molar-refractivity contribution in [3.63, 3.8) is 0 Å². The maximum Gasteiger partial charge on any atom is 0.152 e. The number of rotatable bonds is 1. The van der Waals surface area contributed by atoms with Crippen molar-refractivity contribution < 1.29 is 0 Å². The van der Waals surface area contributed by atoms with Gasteiger partial charge in [0.1, 0.15) is 23.8 Å². The second-order valence-corrected chi connectivity index (χ2v) is 3.26. The maximum absolute atomic E-state index is 8.92. The van der Waals surface area contributed by atoms with E-state index in [1.165, 1.54) is 6.33 Å². The van der Waals surface area contributed by atoms with Gasteiger partial charge in [-0.15, -0.1) is 0 Å². The summed E-state index contributed by atoms with van der Waals surface area (Å²) >= 11 is 0. The lowest BCUT2D eigenvalue weighted by molar-refractivity contribution is 0.924. The third-order valence-corrected chi connectivity index (χ3v) is 2.37. The quantitative estimate of drug-likeness (QED) is 0.697. The second kappa shape index (κ2) is 3.50. The standard InChI is InChI=1S/C9H11N5/c10-5-7-8(11)12-6-13-9(7)14-3-1-2-4-14/h6H,1-4H2,(H2,11,12,13). The van der Waals surface area contributed by atoms with Crippen molar-refractivity contribution in [3.05, 3.63) is 11.9 Å². The van der Waals surface area contributed by atoms with E-state index in [0.717, 1.165) is 25.9 Å². The van der Waals surface area contributed by atoms with E-state index in [4.69, 9.17) is 11.0 Å². The van der Waals surface area contributed by atoms with Gasteiger partial charge in [-0.2, -0.15) is 5.26 Å². The van der Waals surface area contributed by atoms with E-state index in [1.807, 2.05) is 6.07 Å². The first-order valence-corrected chi connectivity index (χ1v) is 4.58. The van der Waals surface area contributed by atoms with Crippen molar-refractivity contribution in [1.82, 2.24) is 9.97 Å². The summed E-state index contributed by atoms with van der Waals surface area (Å²) in [5.41, 5.74) is 6.00. The van der Waals surface area contributed by atoms with Crippen molar-refractivity contribution in [2.45, 2.75) is 12.8 Å². The predicted molar refractivity (Wildman–Crippen MR) is 52.6 cm³/mol. The summed E-state index contributed by atoms with van der Waals surface area (Å²) in [5, 5.41) is 8.92. The van der Waals surface area contributed by atoms with E-state index >= 15 is 0 Å². The molecule has 0 atom stereocenters. The molecule has 1 aliphatic rings. The van der Waals surface area contributed by atoms with Crippen LogP contribution < -0.4 is 10.6 Å². The fourth-order valence-corrected chi connectivity index (χ4v) is 1.67. The first-order valence-electron chi connectivity index (χ1n) is 4.58. The average molecular weight is 189 g/mol. The first kappa shape index (κ1) is 8.75. The predicted octanol–water partition coefficient (Wildman–Crippen LogP) is 0.531. The molecule has 1 aromatic heterocycles. The normalized spacial score (nSPS) is 15.5. The molecule has 5 heteroatoms. The van der Waals surface area contributed by atoms with E-state index in [1.54, 1.807) is 0 Å². The SMILES string of the molecule is N#Cc1c(N)ncnc1N1CCCC1. The van der Waals surface area contributed by atoms with Gasteiger partial charge in [-0.05, 0) is 12.8 Å². The monoisotopic (exact) mass is 189 g/mol. The molecule has 0 amide bonds. The Morgan fingerprint density at radius 1 is 1.36 bits per heavy atom. The van der Waals surface area contributed by atoms with Crippen molar-refractivity contribution in [2.24, 2.45) is 0 Å². The summed E-state index contributed by atoms with van der Waals surface area (Å²) in [4.78, 5) is 9.98. The van der Waals surface area contributed by atoms with Gasteiger partial charge in [-0.3, -0.25) is 0 Å². The molecule has 14 heavy (non-hydrogen) atoms. The minimum Gasteiger partial charge on any atom is -0.382 e. The molecule has 72 valence electrons. The Kier molecular flexibility index (Phi) is 2.19. The lowest BCUT2D eigenvalue weighted by Gasteiger charge is -2.17. The number of nitrogens with two attached hydrogens (primary N) is 1. The van der Waals surface area contributed by atoms with Gasteiger partial charge in [0, 0.05) is 13.1 Å². The Morgan fingerprint density at radius 3 is 2.71 bits per heavy atom. The highest BCUT2D eigenvalue weighted by molar-refractivity contribution is 5.63. The average Bonchev–Trinajstić information content (AvgIpc) is 2.70. The van der Waals surface area contributed by atoms with Gasteiger partial charge in [0.05, 0.1) is 0 Å². The summed E-state index contributed by atoms with van der Waals surface area (Å²) in [6.07, 6.45) is 3.70. The minimum atomic E-state index is 0.268. The third kappa shape index (κ3) is 1.35. The van der Waals surface area contributed by atoms with Crippen molar-refractivity contribution in [1.29, 1.82) is 5.26 Å². The van der Waals surface area contributed by atoms with Crippen LogP contribution >= 0.6 is 0 Å². The van der Waals surface area contributed by atoms with E-state index in [0.29, 0.717) is 11.4 Å². The molecular formula is C9H11N5. The Balaban J connectivity index is 2.42. The molecular weight excluding hydrogens is 178 g/mol. The fourth-order valence-electron chi connectivity index (χ4n) is 1.67. The molecule has 1 fully saturated rings. The topological polar surface area (TPSA) is 78.8 Å². The molecule has 0 unspecified atom stereocenters. The Bertz CT molecular complexity index is 375. The zero-order valence-corrected chi connectivity index (χ0v) is 7.77. The number of hydrogen-bond acceptors (Lipinski definition) is 5. The van der Waals surface area contributed by atoms with E-state index in [-0.39, 0.29) is 5.82 Å². The molecule has 5 nitrogen and oxygen atoms in total. The molecule has 0 spiro atoms. The van der Waals surface area contributed by atoms with Crippen LogP contribution in [0, 0.1) is 11.3 Å². The number of nitrogen functional groups attached to an aromatic ring is 1. The highest BCUT2D eigenvalue weighted by Gasteiger charge is 2.18. The number of nitrogens with zero attached hydrogens (tertiary/aromatic N) is 4. The lowest BCUT2D eigenvalue weighted by atomic mass is 10.3. The van der Waals surface area contributed by atoms with Crippen LogP contribution in [0.2, 0.25) is 0 Å². The highest BCUT2D eigenvalue weighted by atomic mass is 15.2. The third-order valence-electron chi connectivity index (χ3n) is 2.37. The first-order chi connectivity index (χ1) is 6.83. The summed E-state index contributed by atoms with van der Waals surface area (Å²) in [6.45, 7) is 1.90. The van der Waals surface area contributed by atoms with Crippen LogP contribution in [0.4, 0.5) is 11.6 Å². The van der Waals surface area contributed by atoms with Gasteiger partial charge in [-0.25, -0.2) is 9.97 Å². The fraction of sp³-hybridized carbons (Fsp3) is 0.444. The van der Waals surface area contributed by atoms with Gasteiger partial charge in [-0.1, -0.05) is 0 Å². The minimum absolute atomic E-state index is 0.268. The molecule has 0 aromatic carbocycles. The molecule has 2 heterocycles. The Labute approximate surface area is 82.2 Å². The molecule has 0 radical (unpaired) electrons. The number of nitriles is 1. The lowest BCUT2D eigenvalue weighted by Crippen LogP contribution is -2.21. The number of anilines is 2. The van der Waals surface area contributed by atoms with Crippen LogP contribution in [-0.4, -0.2) is 23.1 Å². The molecule has 0 aliphatic carbocycles. The second-order valence-electron chi connectivity index (χ2n) is 3.26. The number of hydrogen-bond donors (Lipinski definition) is 1. The van der Waals surface area contributed by atoms with Gasteiger partial charge in [0.25, 0.3) is 0 Å². The van der Waals surface area contributed by atoms with Gasteiger partial charge in [0.15, 0.2) is 5.82 Å². The zero-order valence-electron chi connectivity index (χ0n) is 7.77. The van der Waals surface area contributed by atoms with Crippen molar-refractivity contribution in [3.8, 4) is 6.07 Å². The molecule has 1 aromatic rings. The molecule has 1 saturated heterocycles. The maximum atomic E-state index is 8.92. The Morgan fingerprint density at radius 2 is 2.07 bits per heavy atom. The molecule has 0 saturated carbocycles. The summed E-state index contributed by atoms with van der Waals surface area (Å²) in [6, 6.07) is 2.05. The van der Waals surface area contributed by atoms with E-state index in [9.17, 15) is 0 Å². The van der Waals surface area contributed by atoms with Crippen molar-refractivity contribution in [2.75, 3.05) is 23.7 Å². The largest absolute Gasteiger partial charge is 0.382 e. The smallest absolute Gasteiger partial charge is 0.152 e. The van der Waals surface area contributed by atoms with Crippen LogP contribution in [0.5, 0.6) is 0 Å². The van der Waals surface area contributed by atoms with Crippen LogP contribution in [0.15, 0.2) is 6.33 Å². The van der Waals surface area contributed by atoms with Crippen molar-refractivity contribution >= 4 is 11.6 Å². The van der Waals surface area contributed by atoms with Crippen LogP contribution in [0.1, 0.15) is 18.4 Å².